The molecule has 28 heavy (non-hydrogen) atoms. The largest absolute Gasteiger partial charge is 0.368 e. The van der Waals surface area contributed by atoms with Crippen molar-refractivity contribution in [2.75, 3.05) is 0 Å². The lowest BCUT2D eigenvalue weighted by Gasteiger charge is -2.12. The minimum atomic E-state index is -1.01. The molecule has 7 nitrogen and oxygen atoms in total. The van der Waals surface area contributed by atoms with Crippen LogP contribution in [-0.2, 0) is 4.84 Å². The minimum absolute atomic E-state index is 0.0919. The van der Waals surface area contributed by atoms with Gasteiger partial charge in [0.2, 0.25) is 0 Å². The van der Waals surface area contributed by atoms with Crippen LogP contribution in [0, 0.1) is 12.7 Å². The predicted octanol–water partition coefficient (Wildman–Crippen LogP) is 3.34. The van der Waals surface area contributed by atoms with Gasteiger partial charge in [-0.05, 0) is 43.3 Å². The Bertz CT molecular complexity index is 1110. The van der Waals surface area contributed by atoms with Crippen LogP contribution in [0.3, 0.4) is 0 Å². The summed E-state index contributed by atoms with van der Waals surface area (Å²) in [6, 6.07) is 11.5. The molecule has 2 heterocycles. The second kappa shape index (κ2) is 6.58. The normalized spacial score (nSPS) is 13.0. The van der Waals surface area contributed by atoms with E-state index < -0.39 is 23.6 Å². The zero-order valence-electron chi connectivity index (χ0n) is 14.3. The fraction of sp³-hybridized carbons (Fsp3) is 0.0526. The van der Waals surface area contributed by atoms with Crippen LogP contribution in [-0.4, -0.2) is 32.6 Å². The van der Waals surface area contributed by atoms with E-state index in [2.05, 4.69) is 5.10 Å². The van der Waals surface area contributed by atoms with Gasteiger partial charge in [0.1, 0.15) is 16.5 Å². The third-order valence-electron chi connectivity index (χ3n) is 4.21. The number of halogens is 2. The lowest BCUT2D eigenvalue weighted by molar-refractivity contribution is -0.0585. The summed E-state index contributed by atoms with van der Waals surface area (Å²) >= 11 is 6.26. The highest BCUT2D eigenvalue weighted by Crippen LogP contribution is 2.27. The van der Waals surface area contributed by atoms with Crippen LogP contribution < -0.4 is 0 Å². The number of aryl methyl sites for hydroxylation is 1. The quantitative estimate of drug-likeness (QED) is 0.631. The molecule has 4 rings (SSSR count). The second-order valence-electron chi connectivity index (χ2n) is 5.97. The summed E-state index contributed by atoms with van der Waals surface area (Å²) in [6.45, 7) is 1.52. The number of amides is 2. The highest BCUT2D eigenvalue weighted by molar-refractivity contribution is 6.33. The number of benzene rings is 2. The van der Waals surface area contributed by atoms with Crippen LogP contribution in [0.5, 0.6) is 0 Å². The van der Waals surface area contributed by atoms with E-state index in [0.717, 1.165) is 0 Å². The van der Waals surface area contributed by atoms with E-state index in [0.29, 0.717) is 10.8 Å². The van der Waals surface area contributed by atoms with E-state index in [4.69, 9.17) is 16.4 Å². The van der Waals surface area contributed by atoms with Crippen molar-refractivity contribution in [1.82, 2.24) is 14.8 Å². The van der Waals surface area contributed by atoms with Crippen molar-refractivity contribution in [3.63, 3.8) is 0 Å². The molecule has 0 spiro atoms. The first-order valence-corrected chi connectivity index (χ1v) is 8.47. The zero-order chi connectivity index (χ0) is 20.0. The van der Waals surface area contributed by atoms with Gasteiger partial charge in [-0.2, -0.15) is 5.10 Å². The van der Waals surface area contributed by atoms with Crippen molar-refractivity contribution < 1.29 is 23.6 Å². The van der Waals surface area contributed by atoms with Gasteiger partial charge in [0.15, 0.2) is 0 Å². The Balaban J connectivity index is 1.64. The van der Waals surface area contributed by atoms with Crippen molar-refractivity contribution in [2.45, 2.75) is 6.92 Å². The van der Waals surface area contributed by atoms with Crippen LogP contribution in [0.15, 0.2) is 48.5 Å². The van der Waals surface area contributed by atoms with Crippen LogP contribution in [0.25, 0.3) is 5.69 Å². The van der Waals surface area contributed by atoms with Crippen molar-refractivity contribution >= 4 is 29.4 Å². The SMILES string of the molecule is Cc1nn(-c2ccc(F)cc2)c(Cl)c1C(=O)ON1C(=O)c2ccccc2C1=O. The molecule has 3 aromatic rings. The third-order valence-corrected chi connectivity index (χ3v) is 4.56. The van der Waals surface area contributed by atoms with Crippen molar-refractivity contribution in [2.24, 2.45) is 0 Å². The molecule has 0 aliphatic carbocycles. The van der Waals surface area contributed by atoms with Gasteiger partial charge < -0.3 is 4.84 Å². The van der Waals surface area contributed by atoms with E-state index >= 15 is 0 Å². The van der Waals surface area contributed by atoms with Crippen LogP contribution in [0.1, 0.15) is 36.8 Å². The Labute approximate surface area is 162 Å². The number of rotatable bonds is 3. The fourth-order valence-corrected chi connectivity index (χ4v) is 3.21. The predicted molar refractivity (Wildman–Crippen MR) is 95.6 cm³/mol. The summed E-state index contributed by atoms with van der Waals surface area (Å²) in [5.41, 5.74) is 0.822. The topological polar surface area (TPSA) is 81.5 Å². The molecule has 2 amide bonds. The molecule has 0 saturated heterocycles. The third kappa shape index (κ3) is 2.74. The Morgan fingerprint density at radius 2 is 1.61 bits per heavy atom. The summed E-state index contributed by atoms with van der Waals surface area (Å²) < 4.78 is 14.4. The van der Waals surface area contributed by atoms with Crippen LogP contribution >= 0.6 is 11.6 Å². The maximum absolute atomic E-state index is 13.1. The number of carbonyl (C=O) groups is 3. The number of hydrogen-bond donors (Lipinski definition) is 0. The lowest BCUT2D eigenvalue weighted by atomic mass is 10.1. The van der Waals surface area contributed by atoms with Gasteiger partial charge in [-0.25, -0.2) is 13.9 Å². The molecule has 0 saturated carbocycles. The van der Waals surface area contributed by atoms with E-state index in [9.17, 15) is 18.8 Å². The van der Waals surface area contributed by atoms with Crippen molar-refractivity contribution in [1.29, 1.82) is 0 Å². The number of imide groups is 1. The molecule has 0 atom stereocenters. The lowest BCUT2D eigenvalue weighted by Crippen LogP contribution is -2.32. The standard InChI is InChI=1S/C19H11ClFN3O4/c1-10-15(16(20)23(22-10)12-8-6-11(21)7-9-12)19(27)28-24-17(25)13-4-2-3-5-14(13)18(24)26/h2-9H,1H3. The molecule has 140 valence electrons. The first kappa shape index (κ1) is 17.9. The molecule has 0 fully saturated rings. The smallest absolute Gasteiger partial charge is 0.324 e. The van der Waals surface area contributed by atoms with Crippen LogP contribution in [0.4, 0.5) is 4.39 Å². The minimum Gasteiger partial charge on any atom is -0.324 e. The first-order chi connectivity index (χ1) is 13.4. The Morgan fingerprint density at radius 3 is 2.18 bits per heavy atom. The van der Waals surface area contributed by atoms with E-state index in [1.165, 1.54) is 48.0 Å². The average molecular weight is 400 g/mol. The fourth-order valence-electron chi connectivity index (χ4n) is 2.86. The van der Waals surface area contributed by atoms with Crippen LogP contribution in [0.2, 0.25) is 5.15 Å². The maximum Gasteiger partial charge on any atom is 0.368 e. The summed E-state index contributed by atoms with van der Waals surface area (Å²) in [6.07, 6.45) is 0. The van der Waals surface area contributed by atoms with Crippen molar-refractivity contribution in [3.8, 4) is 5.69 Å². The van der Waals surface area contributed by atoms with Gasteiger partial charge in [0.05, 0.1) is 22.5 Å². The highest BCUT2D eigenvalue weighted by atomic mass is 35.5. The molecule has 0 N–H and O–H groups in total. The molecule has 1 aliphatic rings. The highest BCUT2D eigenvalue weighted by Gasteiger charge is 2.39. The Morgan fingerprint density at radius 1 is 1.04 bits per heavy atom. The monoisotopic (exact) mass is 399 g/mol. The molecule has 2 aromatic carbocycles. The molecule has 0 radical (unpaired) electrons. The maximum atomic E-state index is 13.1. The molecule has 9 heteroatoms. The van der Waals surface area contributed by atoms with Gasteiger partial charge in [-0.15, -0.1) is 0 Å². The summed E-state index contributed by atoms with van der Waals surface area (Å²) in [7, 11) is 0. The summed E-state index contributed by atoms with van der Waals surface area (Å²) in [5, 5.41) is 4.47. The number of fused-ring (bicyclic) bond motifs is 1. The Kier molecular flexibility index (Phi) is 4.20. The summed E-state index contributed by atoms with van der Waals surface area (Å²) in [5.74, 6) is -2.93. The molecule has 0 bridgehead atoms. The molecule has 1 aliphatic heterocycles. The first-order valence-electron chi connectivity index (χ1n) is 8.09. The van der Waals surface area contributed by atoms with Gasteiger partial charge in [0.25, 0.3) is 11.8 Å². The van der Waals surface area contributed by atoms with Crippen molar-refractivity contribution in [3.05, 3.63) is 81.9 Å². The molecule has 1 aromatic heterocycles. The average Bonchev–Trinajstić information content (AvgIpc) is 3.11. The molecule has 0 unspecified atom stereocenters. The number of hydroxylamine groups is 2. The van der Waals surface area contributed by atoms with Gasteiger partial charge in [0, 0.05) is 0 Å². The van der Waals surface area contributed by atoms with E-state index in [1.807, 2.05) is 0 Å². The molecular weight excluding hydrogens is 389 g/mol. The number of nitrogens with zero attached hydrogens (tertiary/aromatic N) is 3. The van der Waals surface area contributed by atoms with E-state index in [1.54, 1.807) is 12.1 Å². The molecular formula is C19H11ClFN3O4. The second-order valence-corrected chi connectivity index (χ2v) is 6.33. The van der Waals surface area contributed by atoms with Gasteiger partial charge >= 0.3 is 5.97 Å². The van der Waals surface area contributed by atoms with E-state index in [-0.39, 0.29) is 27.5 Å². The Hall–Kier alpha value is -3.52. The zero-order valence-corrected chi connectivity index (χ0v) is 15.1. The van der Waals surface area contributed by atoms with Gasteiger partial charge in [-0.1, -0.05) is 28.8 Å². The summed E-state index contributed by atoms with van der Waals surface area (Å²) in [4.78, 5) is 42.3. The number of aromatic nitrogens is 2. The number of carbonyl (C=O) groups excluding carboxylic acids is 3. The number of hydrogen-bond acceptors (Lipinski definition) is 5. The van der Waals surface area contributed by atoms with Gasteiger partial charge in [-0.3, -0.25) is 9.59 Å².